The van der Waals surface area contributed by atoms with Crippen molar-refractivity contribution in [3.8, 4) is 0 Å². The van der Waals surface area contributed by atoms with Crippen LogP contribution < -0.4 is 0 Å². The second kappa shape index (κ2) is 5.13. The van der Waals surface area contributed by atoms with Crippen LogP contribution in [0, 0.1) is 10.1 Å². The third-order valence-corrected chi connectivity index (χ3v) is 3.64. The van der Waals surface area contributed by atoms with E-state index < -0.39 is 11.0 Å². The molecule has 110 valence electrons. The fourth-order valence-electron chi connectivity index (χ4n) is 2.57. The number of carbonyl (C=O) groups is 1. The van der Waals surface area contributed by atoms with E-state index in [2.05, 4.69) is 10.2 Å². The Morgan fingerprint density at radius 3 is 3.05 bits per heavy atom. The minimum Gasteiger partial charge on any atom is -0.391 e. The summed E-state index contributed by atoms with van der Waals surface area (Å²) >= 11 is 0. The Bertz CT molecular complexity index is 711. The van der Waals surface area contributed by atoms with Gasteiger partial charge < -0.3 is 10.0 Å². The van der Waals surface area contributed by atoms with Crippen LogP contribution in [-0.2, 0) is 0 Å². The SMILES string of the molecule is O=C(c1n[nH]c2ccc([N+](=O)[O-])cc12)N1CCCC(O)C1. The molecule has 1 aromatic carbocycles. The fraction of sp³-hybridized carbons (Fsp3) is 0.385. The zero-order valence-electron chi connectivity index (χ0n) is 11.2. The molecule has 1 fully saturated rings. The normalized spacial score (nSPS) is 18.9. The predicted octanol–water partition coefficient (Wildman–Crippen LogP) is 1.07. The quantitative estimate of drug-likeness (QED) is 0.634. The Morgan fingerprint density at radius 1 is 1.52 bits per heavy atom. The van der Waals surface area contributed by atoms with Gasteiger partial charge in [-0.2, -0.15) is 5.10 Å². The van der Waals surface area contributed by atoms with Crippen LogP contribution in [0.4, 0.5) is 5.69 Å². The number of benzene rings is 1. The Morgan fingerprint density at radius 2 is 2.33 bits per heavy atom. The van der Waals surface area contributed by atoms with Crippen LogP contribution in [0.3, 0.4) is 0 Å². The van der Waals surface area contributed by atoms with E-state index in [1.165, 1.54) is 23.1 Å². The van der Waals surface area contributed by atoms with Crippen molar-refractivity contribution < 1.29 is 14.8 Å². The first kappa shape index (κ1) is 13.5. The minimum atomic E-state index is -0.526. The van der Waals surface area contributed by atoms with E-state index in [1.54, 1.807) is 0 Å². The maximum absolute atomic E-state index is 12.5. The van der Waals surface area contributed by atoms with Gasteiger partial charge in [0.05, 0.1) is 16.5 Å². The maximum atomic E-state index is 12.5. The average molecular weight is 290 g/mol. The predicted molar refractivity (Wildman–Crippen MR) is 73.9 cm³/mol. The monoisotopic (exact) mass is 290 g/mol. The number of aromatic nitrogens is 2. The lowest BCUT2D eigenvalue weighted by Gasteiger charge is -2.29. The summed E-state index contributed by atoms with van der Waals surface area (Å²) in [5.74, 6) is -0.319. The number of aliphatic hydroxyl groups is 1. The Hall–Kier alpha value is -2.48. The molecular weight excluding hydrogens is 276 g/mol. The van der Waals surface area contributed by atoms with Crippen molar-refractivity contribution in [2.24, 2.45) is 0 Å². The Balaban J connectivity index is 1.97. The summed E-state index contributed by atoms with van der Waals surface area (Å²) in [5, 5.41) is 27.6. The number of likely N-dealkylation sites (tertiary alicyclic amines) is 1. The maximum Gasteiger partial charge on any atom is 0.275 e. The number of rotatable bonds is 2. The van der Waals surface area contributed by atoms with Gasteiger partial charge in [-0.1, -0.05) is 0 Å². The number of fused-ring (bicyclic) bond motifs is 1. The van der Waals surface area contributed by atoms with Gasteiger partial charge in [-0.25, -0.2) is 0 Å². The molecule has 1 aromatic heterocycles. The molecule has 8 nitrogen and oxygen atoms in total. The van der Waals surface area contributed by atoms with Gasteiger partial charge in [0.2, 0.25) is 0 Å². The molecule has 1 aliphatic rings. The topological polar surface area (TPSA) is 112 Å². The number of nitro benzene ring substituents is 1. The molecule has 0 radical (unpaired) electrons. The number of β-amino-alcohol motifs (C(OH)–C–C–N with tert-alkyl or cyclic N) is 1. The largest absolute Gasteiger partial charge is 0.391 e. The van der Waals surface area contributed by atoms with Crippen molar-refractivity contribution in [3.63, 3.8) is 0 Å². The van der Waals surface area contributed by atoms with Crippen LogP contribution in [-0.4, -0.2) is 50.2 Å². The molecule has 21 heavy (non-hydrogen) atoms. The molecule has 2 N–H and O–H groups in total. The minimum absolute atomic E-state index is 0.0865. The lowest BCUT2D eigenvalue weighted by Crippen LogP contribution is -2.42. The van der Waals surface area contributed by atoms with Gasteiger partial charge in [-0.15, -0.1) is 0 Å². The lowest BCUT2D eigenvalue weighted by molar-refractivity contribution is -0.384. The number of nitrogens with zero attached hydrogens (tertiary/aromatic N) is 3. The van der Waals surface area contributed by atoms with E-state index in [9.17, 15) is 20.0 Å². The standard InChI is InChI=1S/C13H14N4O4/c18-9-2-1-5-16(7-9)13(19)12-10-6-8(17(20)21)3-4-11(10)14-15-12/h3-4,6,9,18H,1-2,5,7H2,(H,14,15). The van der Waals surface area contributed by atoms with Crippen molar-refractivity contribution in [2.75, 3.05) is 13.1 Å². The third-order valence-electron chi connectivity index (χ3n) is 3.64. The molecule has 2 aromatic rings. The molecule has 1 unspecified atom stereocenters. The molecule has 0 bridgehead atoms. The molecule has 0 spiro atoms. The van der Waals surface area contributed by atoms with Crippen LogP contribution >= 0.6 is 0 Å². The molecule has 0 saturated carbocycles. The number of aromatic amines is 1. The van der Waals surface area contributed by atoms with Gasteiger partial charge in [0.25, 0.3) is 11.6 Å². The second-order valence-corrected chi connectivity index (χ2v) is 5.11. The van der Waals surface area contributed by atoms with Gasteiger partial charge in [0.1, 0.15) is 0 Å². The van der Waals surface area contributed by atoms with E-state index in [1.807, 2.05) is 0 Å². The van der Waals surface area contributed by atoms with Crippen LogP contribution in [0.2, 0.25) is 0 Å². The molecule has 2 heterocycles. The van der Waals surface area contributed by atoms with E-state index in [-0.39, 0.29) is 23.8 Å². The van der Waals surface area contributed by atoms with Crippen molar-refractivity contribution in [1.82, 2.24) is 15.1 Å². The third kappa shape index (κ3) is 2.45. The Kier molecular flexibility index (Phi) is 3.30. The molecule has 0 aliphatic carbocycles. The number of non-ortho nitro benzene ring substituents is 1. The smallest absolute Gasteiger partial charge is 0.275 e. The van der Waals surface area contributed by atoms with Gasteiger partial charge >= 0.3 is 0 Å². The lowest BCUT2D eigenvalue weighted by atomic mass is 10.1. The molecule has 1 saturated heterocycles. The molecule has 8 heteroatoms. The highest BCUT2D eigenvalue weighted by Gasteiger charge is 2.26. The van der Waals surface area contributed by atoms with Crippen LogP contribution in [0.25, 0.3) is 10.9 Å². The fourth-order valence-corrected chi connectivity index (χ4v) is 2.57. The zero-order valence-corrected chi connectivity index (χ0v) is 11.2. The van der Waals surface area contributed by atoms with E-state index in [4.69, 9.17) is 0 Å². The number of nitrogens with one attached hydrogen (secondary N) is 1. The number of hydrogen-bond donors (Lipinski definition) is 2. The summed E-state index contributed by atoms with van der Waals surface area (Å²) in [5.41, 5.74) is 0.640. The van der Waals surface area contributed by atoms with Gasteiger partial charge in [0, 0.05) is 30.6 Å². The van der Waals surface area contributed by atoms with Crippen molar-refractivity contribution in [1.29, 1.82) is 0 Å². The highest BCUT2D eigenvalue weighted by molar-refractivity contribution is 6.05. The van der Waals surface area contributed by atoms with Crippen molar-refractivity contribution in [3.05, 3.63) is 34.0 Å². The van der Waals surface area contributed by atoms with Crippen molar-refractivity contribution >= 4 is 22.5 Å². The highest BCUT2D eigenvalue weighted by Crippen LogP contribution is 2.24. The Labute approximate surface area is 119 Å². The molecule has 1 amide bonds. The first-order valence-corrected chi connectivity index (χ1v) is 6.66. The molecule has 3 rings (SSSR count). The van der Waals surface area contributed by atoms with Gasteiger partial charge in [-0.3, -0.25) is 20.0 Å². The number of piperidine rings is 1. The van der Waals surface area contributed by atoms with Crippen molar-refractivity contribution in [2.45, 2.75) is 18.9 Å². The average Bonchev–Trinajstić information content (AvgIpc) is 2.89. The summed E-state index contributed by atoms with van der Waals surface area (Å²) in [6.45, 7) is 0.821. The first-order chi connectivity index (χ1) is 10.1. The highest BCUT2D eigenvalue weighted by atomic mass is 16.6. The number of amides is 1. The van der Waals surface area contributed by atoms with E-state index in [0.29, 0.717) is 23.9 Å². The summed E-state index contributed by atoms with van der Waals surface area (Å²) in [6, 6.07) is 4.23. The van der Waals surface area contributed by atoms with Gasteiger partial charge in [-0.05, 0) is 18.9 Å². The number of nitro groups is 1. The van der Waals surface area contributed by atoms with Gasteiger partial charge in [0.15, 0.2) is 5.69 Å². The summed E-state index contributed by atoms with van der Waals surface area (Å²) in [6.07, 6.45) is 0.883. The summed E-state index contributed by atoms with van der Waals surface area (Å²) < 4.78 is 0. The second-order valence-electron chi connectivity index (χ2n) is 5.11. The number of H-pyrrole nitrogens is 1. The number of aliphatic hydroxyl groups excluding tert-OH is 1. The van der Waals surface area contributed by atoms with Crippen LogP contribution in [0.15, 0.2) is 18.2 Å². The molecule has 1 aliphatic heterocycles. The molecular formula is C13H14N4O4. The molecule has 1 atom stereocenters. The zero-order chi connectivity index (χ0) is 15.0. The summed E-state index contributed by atoms with van der Waals surface area (Å²) in [4.78, 5) is 24.3. The number of hydrogen-bond acceptors (Lipinski definition) is 5. The van der Waals surface area contributed by atoms with E-state index >= 15 is 0 Å². The van der Waals surface area contributed by atoms with Crippen LogP contribution in [0.1, 0.15) is 23.3 Å². The van der Waals surface area contributed by atoms with Crippen LogP contribution in [0.5, 0.6) is 0 Å². The van der Waals surface area contributed by atoms with E-state index in [0.717, 1.165) is 6.42 Å². The summed E-state index contributed by atoms with van der Waals surface area (Å²) in [7, 11) is 0. The first-order valence-electron chi connectivity index (χ1n) is 6.66. The number of carbonyl (C=O) groups excluding carboxylic acids is 1.